The van der Waals surface area contributed by atoms with E-state index in [1.54, 1.807) is 6.92 Å². The fourth-order valence-electron chi connectivity index (χ4n) is 1.29. The number of aliphatic carboxylic acids is 1. The molecule has 0 aliphatic rings. The van der Waals surface area contributed by atoms with Crippen LogP contribution >= 0.6 is 12.6 Å². The standard InChI is InChI=1S/C11H21N3O4S/c1-3-6(2)9(11(17)18)14-8(15)4-13-10(16)7(12)5-19/h6-7,9,19H,3-5,12H2,1-2H3,(H,13,16)(H,14,15)(H,17,18)/t6-,7-,9-/m0/s1. The molecule has 0 saturated carbocycles. The number of carbonyl (C=O) groups excluding carboxylic acids is 2. The molecule has 0 heterocycles. The molecule has 2 amide bonds. The van der Waals surface area contributed by atoms with Crippen LogP contribution in [-0.4, -0.2) is 47.3 Å². The molecule has 110 valence electrons. The lowest BCUT2D eigenvalue weighted by Gasteiger charge is -2.20. The highest BCUT2D eigenvalue weighted by Gasteiger charge is 2.25. The molecule has 0 aromatic rings. The van der Waals surface area contributed by atoms with Gasteiger partial charge in [0.05, 0.1) is 12.6 Å². The van der Waals surface area contributed by atoms with Crippen LogP contribution < -0.4 is 16.4 Å². The average molecular weight is 291 g/mol. The molecule has 7 nitrogen and oxygen atoms in total. The van der Waals surface area contributed by atoms with Crippen molar-refractivity contribution in [2.24, 2.45) is 11.7 Å². The van der Waals surface area contributed by atoms with Gasteiger partial charge in [-0.25, -0.2) is 4.79 Å². The van der Waals surface area contributed by atoms with E-state index in [1.165, 1.54) is 0 Å². The van der Waals surface area contributed by atoms with Crippen LogP contribution in [0, 0.1) is 5.92 Å². The number of thiol groups is 1. The average Bonchev–Trinajstić information content (AvgIpc) is 2.39. The van der Waals surface area contributed by atoms with Crippen molar-refractivity contribution in [1.82, 2.24) is 10.6 Å². The van der Waals surface area contributed by atoms with Crippen molar-refractivity contribution in [3.05, 3.63) is 0 Å². The van der Waals surface area contributed by atoms with Crippen molar-refractivity contribution in [2.75, 3.05) is 12.3 Å². The van der Waals surface area contributed by atoms with Crippen molar-refractivity contribution in [3.63, 3.8) is 0 Å². The smallest absolute Gasteiger partial charge is 0.326 e. The van der Waals surface area contributed by atoms with E-state index >= 15 is 0 Å². The summed E-state index contributed by atoms with van der Waals surface area (Å²) in [7, 11) is 0. The molecule has 0 aliphatic carbocycles. The first-order valence-corrected chi connectivity index (χ1v) is 6.63. The summed E-state index contributed by atoms with van der Waals surface area (Å²) in [6.07, 6.45) is 0.619. The van der Waals surface area contributed by atoms with Gasteiger partial charge in [-0.3, -0.25) is 9.59 Å². The summed E-state index contributed by atoms with van der Waals surface area (Å²) >= 11 is 3.86. The second-order valence-electron chi connectivity index (χ2n) is 4.28. The van der Waals surface area contributed by atoms with Crippen LogP contribution in [-0.2, 0) is 14.4 Å². The number of hydrogen-bond acceptors (Lipinski definition) is 5. The molecule has 0 aliphatic heterocycles. The Balaban J connectivity index is 4.28. The second kappa shape index (κ2) is 8.76. The summed E-state index contributed by atoms with van der Waals surface area (Å²) < 4.78 is 0. The van der Waals surface area contributed by atoms with E-state index < -0.39 is 29.9 Å². The molecule has 0 bridgehead atoms. The van der Waals surface area contributed by atoms with Crippen molar-refractivity contribution < 1.29 is 19.5 Å². The lowest BCUT2D eigenvalue weighted by Crippen LogP contribution is -2.50. The van der Waals surface area contributed by atoms with E-state index in [0.29, 0.717) is 6.42 Å². The third-order valence-corrected chi connectivity index (χ3v) is 3.15. The molecule has 5 N–H and O–H groups in total. The Bertz CT molecular complexity index is 338. The Labute approximate surface area is 117 Å². The first-order valence-electron chi connectivity index (χ1n) is 5.99. The minimum atomic E-state index is -1.10. The van der Waals surface area contributed by atoms with Crippen molar-refractivity contribution in [2.45, 2.75) is 32.4 Å². The van der Waals surface area contributed by atoms with Gasteiger partial charge in [-0.15, -0.1) is 0 Å². The SMILES string of the molecule is CC[C@H](C)[C@H](NC(=O)CNC(=O)[C@@H](N)CS)C(=O)O. The highest BCUT2D eigenvalue weighted by molar-refractivity contribution is 7.80. The first-order chi connectivity index (χ1) is 8.83. The van der Waals surface area contributed by atoms with Crippen LogP contribution in [0.4, 0.5) is 0 Å². The Hall–Kier alpha value is -1.28. The van der Waals surface area contributed by atoms with Gasteiger partial charge in [-0.1, -0.05) is 20.3 Å². The molecule has 0 saturated heterocycles. The Morgan fingerprint density at radius 3 is 2.37 bits per heavy atom. The minimum Gasteiger partial charge on any atom is -0.480 e. The quantitative estimate of drug-likeness (QED) is 0.366. The molecule has 0 aromatic heterocycles. The van der Waals surface area contributed by atoms with Crippen LogP contribution in [0.3, 0.4) is 0 Å². The van der Waals surface area contributed by atoms with Crippen LogP contribution in [0.2, 0.25) is 0 Å². The van der Waals surface area contributed by atoms with Crippen LogP contribution in [0.5, 0.6) is 0 Å². The van der Waals surface area contributed by atoms with Crippen LogP contribution in [0.1, 0.15) is 20.3 Å². The lowest BCUT2D eigenvalue weighted by molar-refractivity contribution is -0.143. The molecule has 0 aromatic carbocycles. The van der Waals surface area contributed by atoms with E-state index in [4.69, 9.17) is 10.8 Å². The number of hydrogen-bond donors (Lipinski definition) is 5. The van der Waals surface area contributed by atoms with Gasteiger partial charge in [-0.2, -0.15) is 12.6 Å². The number of carbonyl (C=O) groups is 3. The number of amides is 2. The third kappa shape index (κ3) is 6.44. The molecular weight excluding hydrogens is 270 g/mol. The number of carboxylic acid groups (broad SMARTS) is 1. The Morgan fingerprint density at radius 2 is 1.95 bits per heavy atom. The second-order valence-corrected chi connectivity index (χ2v) is 4.64. The fraction of sp³-hybridized carbons (Fsp3) is 0.727. The fourth-order valence-corrected chi connectivity index (χ4v) is 1.45. The van der Waals surface area contributed by atoms with Crippen LogP contribution in [0.25, 0.3) is 0 Å². The zero-order chi connectivity index (χ0) is 15.0. The first kappa shape index (κ1) is 17.7. The molecule has 19 heavy (non-hydrogen) atoms. The minimum absolute atomic E-state index is 0.165. The van der Waals surface area contributed by atoms with Gasteiger partial charge in [0.15, 0.2) is 0 Å². The number of carboxylic acids is 1. The van der Waals surface area contributed by atoms with Gasteiger partial charge in [0.25, 0.3) is 0 Å². The molecular formula is C11H21N3O4S. The van der Waals surface area contributed by atoms with Crippen LogP contribution in [0.15, 0.2) is 0 Å². The zero-order valence-corrected chi connectivity index (χ0v) is 11.9. The Kier molecular flexibility index (Phi) is 8.17. The van der Waals surface area contributed by atoms with E-state index in [0.717, 1.165) is 0 Å². The third-order valence-electron chi connectivity index (χ3n) is 2.75. The van der Waals surface area contributed by atoms with Gasteiger partial charge >= 0.3 is 5.97 Å². The van der Waals surface area contributed by atoms with Crippen molar-refractivity contribution in [3.8, 4) is 0 Å². The number of rotatable bonds is 8. The summed E-state index contributed by atoms with van der Waals surface area (Å²) in [6, 6.07) is -1.76. The van der Waals surface area contributed by atoms with Gasteiger partial charge < -0.3 is 21.5 Å². The lowest BCUT2D eigenvalue weighted by atomic mass is 9.99. The predicted octanol–water partition coefficient (Wildman–Crippen LogP) is -1.02. The predicted molar refractivity (Wildman–Crippen MR) is 73.9 cm³/mol. The Morgan fingerprint density at radius 1 is 1.37 bits per heavy atom. The van der Waals surface area contributed by atoms with Gasteiger partial charge in [0, 0.05) is 5.75 Å². The highest BCUT2D eigenvalue weighted by Crippen LogP contribution is 2.07. The number of nitrogens with two attached hydrogens (primary N) is 1. The summed E-state index contributed by atoms with van der Waals surface area (Å²) in [5.41, 5.74) is 5.41. The summed E-state index contributed by atoms with van der Waals surface area (Å²) in [5.74, 6) is -2.19. The molecule has 0 fully saturated rings. The van der Waals surface area contributed by atoms with Gasteiger partial charge in [0.2, 0.25) is 11.8 Å². The highest BCUT2D eigenvalue weighted by atomic mass is 32.1. The molecule has 3 atom stereocenters. The van der Waals surface area contributed by atoms with E-state index in [-0.39, 0.29) is 18.2 Å². The van der Waals surface area contributed by atoms with Gasteiger partial charge in [0.1, 0.15) is 6.04 Å². The summed E-state index contributed by atoms with van der Waals surface area (Å²) in [4.78, 5) is 33.8. The molecule has 0 radical (unpaired) electrons. The maximum absolute atomic E-state index is 11.5. The summed E-state index contributed by atoms with van der Waals surface area (Å²) in [5, 5.41) is 13.7. The summed E-state index contributed by atoms with van der Waals surface area (Å²) in [6.45, 7) is 3.26. The maximum Gasteiger partial charge on any atom is 0.326 e. The largest absolute Gasteiger partial charge is 0.480 e. The normalized spacial score (nSPS) is 15.2. The van der Waals surface area contributed by atoms with E-state index in [1.807, 2.05) is 6.92 Å². The molecule has 0 rings (SSSR count). The van der Waals surface area contributed by atoms with Crippen molar-refractivity contribution >= 4 is 30.4 Å². The molecule has 0 unspecified atom stereocenters. The maximum atomic E-state index is 11.5. The topological polar surface area (TPSA) is 122 Å². The monoisotopic (exact) mass is 291 g/mol. The van der Waals surface area contributed by atoms with E-state index in [2.05, 4.69) is 23.3 Å². The van der Waals surface area contributed by atoms with Crippen molar-refractivity contribution in [1.29, 1.82) is 0 Å². The van der Waals surface area contributed by atoms with Gasteiger partial charge in [-0.05, 0) is 5.92 Å². The zero-order valence-electron chi connectivity index (χ0n) is 11.0. The number of nitrogens with one attached hydrogen (secondary N) is 2. The molecule has 8 heteroatoms. The molecule has 0 spiro atoms. The van der Waals surface area contributed by atoms with E-state index in [9.17, 15) is 14.4 Å².